The first-order chi connectivity index (χ1) is 14.9. The summed E-state index contributed by atoms with van der Waals surface area (Å²) >= 11 is 0. The van der Waals surface area contributed by atoms with Gasteiger partial charge in [-0.3, -0.25) is 4.79 Å². The molecule has 1 fully saturated rings. The zero-order valence-corrected chi connectivity index (χ0v) is 18.6. The summed E-state index contributed by atoms with van der Waals surface area (Å²) in [6.07, 6.45) is 4.42. The van der Waals surface area contributed by atoms with Gasteiger partial charge in [0, 0.05) is 37.3 Å². The van der Waals surface area contributed by atoms with Crippen LogP contribution in [0, 0.1) is 13.8 Å². The summed E-state index contributed by atoms with van der Waals surface area (Å²) in [6, 6.07) is 5.89. The van der Waals surface area contributed by atoms with Crippen LogP contribution >= 0.6 is 0 Å². The van der Waals surface area contributed by atoms with Crippen LogP contribution in [-0.2, 0) is 22.9 Å². The number of para-hydroxylation sites is 1. The minimum Gasteiger partial charge on any atom is -0.360 e. The van der Waals surface area contributed by atoms with Crippen LogP contribution in [0.5, 0.6) is 0 Å². The van der Waals surface area contributed by atoms with E-state index in [1.54, 1.807) is 18.7 Å². The molecule has 3 aromatic rings. The fraction of sp³-hybridized carbons (Fsp3) is 0.455. The summed E-state index contributed by atoms with van der Waals surface area (Å²) in [5.74, 6) is 0.233. The lowest BCUT2D eigenvalue weighted by molar-refractivity contribution is 0.0699. The lowest BCUT2D eigenvalue weighted by atomic mass is 9.95. The van der Waals surface area contributed by atoms with Gasteiger partial charge in [0.25, 0.3) is 5.91 Å². The Bertz CT molecular complexity index is 1250. The number of hydrogen-bond donors (Lipinski definition) is 1. The van der Waals surface area contributed by atoms with Crippen molar-refractivity contribution in [3.8, 4) is 0 Å². The molecule has 1 saturated heterocycles. The lowest BCUT2D eigenvalue weighted by Crippen LogP contribution is -2.50. The molecule has 1 N–H and O–H groups in total. The minimum atomic E-state index is -3.70. The minimum absolute atomic E-state index is 0.0569. The fourth-order valence-corrected chi connectivity index (χ4v) is 6.60. The number of amides is 1. The third-order valence-corrected chi connectivity index (χ3v) is 8.60. The first-order valence-electron chi connectivity index (χ1n) is 10.7. The monoisotopic (exact) mass is 442 g/mol. The van der Waals surface area contributed by atoms with Crippen LogP contribution in [0.15, 0.2) is 27.6 Å². The molecule has 0 atom stereocenters. The van der Waals surface area contributed by atoms with Crippen molar-refractivity contribution in [1.82, 2.24) is 19.3 Å². The van der Waals surface area contributed by atoms with Crippen LogP contribution in [0.25, 0.3) is 10.9 Å². The molecule has 8 nitrogen and oxygen atoms in total. The molecule has 1 aliphatic heterocycles. The van der Waals surface area contributed by atoms with E-state index in [1.807, 2.05) is 12.1 Å². The number of carbonyl (C=O) groups is 1. The highest BCUT2D eigenvalue weighted by Gasteiger charge is 2.34. The molecule has 0 unspecified atom stereocenters. The third kappa shape index (κ3) is 3.27. The van der Waals surface area contributed by atoms with Crippen molar-refractivity contribution < 1.29 is 17.7 Å². The molecule has 9 heteroatoms. The maximum Gasteiger partial charge on any atom is 0.256 e. The molecule has 2 aromatic heterocycles. The van der Waals surface area contributed by atoms with Crippen molar-refractivity contribution in [3.05, 3.63) is 46.5 Å². The Balaban J connectivity index is 1.37. The Morgan fingerprint density at radius 3 is 2.55 bits per heavy atom. The van der Waals surface area contributed by atoms with Crippen LogP contribution < -0.4 is 0 Å². The van der Waals surface area contributed by atoms with E-state index in [4.69, 9.17) is 4.52 Å². The van der Waals surface area contributed by atoms with E-state index in [-0.39, 0.29) is 23.9 Å². The zero-order valence-electron chi connectivity index (χ0n) is 17.8. The van der Waals surface area contributed by atoms with E-state index in [1.165, 1.54) is 28.4 Å². The van der Waals surface area contributed by atoms with E-state index >= 15 is 0 Å². The zero-order chi connectivity index (χ0) is 21.8. The van der Waals surface area contributed by atoms with Crippen LogP contribution in [0.2, 0.25) is 0 Å². The molecule has 3 heterocycles. The van der Waals surface area contributed by atoms with Gasteiger partial charge in [0.1, 0.15) is 10.6 Å². The van der Waals surface area contributed by atoms with Gasteiger partial charge in [0.05, 0.1) is 11.1 Å². The van der Waals surface area contributed by atoms with Crippen molar-refractivity contribution >= 4 is 26.8 Å². The van der Waals surface area contributed by atoms with Gasteiger partial charge in [0.15, 0.2) is 5.76 Å². The predicted molar refractivity (Wildman–Crippen MR) is 116 cm³/mol. The second-order valence-electron chi connectivity index (χ2n) is 8.37. The number of nitrogens with one attached hydrogen (secondary N) is 1. The summed E-state index contributed by atoms with van der Waals surface area (Å²) in [7, 11) is -3.70. The number of sulfonamides is 1. The Hall–Kier alpha value is -2.65. The molecule has 2 aliphatic rings. The van der Waals surface area contributed by atoms with Gasteiger partial charge in [-0.1, -0.05) is 17.3 Å². The van der Waals surface area contributed by atoms with Gasteiger partial charge in [-0.05, 0) is 51.2 Å². The van der Waals surface area contributed by atoms with E-state index in [9.17, 15) is 13.2 Å². The highest BCUT2D eigenvalue weighted by Crippen LogP contribution is 2.31. The Kier molecular flexibility index (Phi) is 4.90. The second-order valence-corrected chi connectivity index (χ2v) is 10.2. The van der Waals surface area contributed by atoms with Crippen molar-refractivity contribution in [3.63, 3.8) is 0 Å². The number of carbonyl (C=O) groups excluding carboxylic acids is 1. The van der Waals surface area contributed by atoms with E-state index in [0.717, 1.165) is 23.7 Å². The number of H-pyrrole nitrogens is 1. The van der Waals surface area contributed by atoms with Crippen molar-refractivity contribution in [1.29, 1.82) is 0 Å². The Morgan fingerprint density at radius 2 is 1.84 bits per heavy atom. The summed E-state index contributed by atoms with van der Waals surface area (Å²) in [5, 5.41) is 4.91. The van der Waals surface area contributed by atoms with Crippen LogP contribution in [0.3, 0.4) is 0 Å². The van der Waals surface area contributed by atoms with Crippen LogP contribution in [0.4, 0.5) is 0 Å². The van der Waals surface area contributed by atoms with Gasteiger partial charge in [-0.25, -0.2) is 8.42 Å². The van der Waals surface area contributed by atoms with Crippen LogP contribution in [0.1, 0.15) is 45.9 Å². The van der Waals surface area contributed by atoms with Crippen LogP contribution in [-0.4, -0.2) is 59.8 Å². The molecule has 31 heavy (non-hydrogen) atoms. The maximum absolute atomic E-state index is 13.3. The molecule has 1 aromatic carbocycles. The highest BCUT2D eigenvalue weighted by molar-refractivity contribution is 7.89. The average Bonchev–Trinajstić information content (AvgIpc) is 3.33. The smallest absolute Gasteiger partial charge is 0.256 e. The molecule has 1 amide bonds. The number of fused-ring (bicyclic) bond motifs is 3. The number of aromatic amines is 1. The normalized spacial score (nSPS) is 17.8. The molecule has 0 saturated carbocycles. The second kappa shape index (κ2) is 7.49. The molecular weight excluding hydrogens is 416 g/mol. The fourth-order valence-electron chi connectivity index (χ4n) is 4.88. The Labute approximate surface area is 181 Å². The van der Waals surface area contributed by atoms with Gasteiger partial charge in [-0.15, -0.1) is 0 Å². The van der Waals surface area contributed by atoms with Gasteiger partial charge in [0.2, 0.25) is 10.0 Å². The standard InChI is InChI=1S/C22H26N4O4S/c1-14-21(15(2)30-24-14)31(28,29)26-12-10-25(11-13-26)22(27)18-8-5-7-17-16-6-3-4-9-19(16)23-20(17)18/h5,7-8,23H,3-4,6,9-13H2,1-2H3. The summed E-state index contributed by atoms with van der Waals surface area (Å²) in [5.41, 5.74) is 4.51. The van der Waals surface area contributed by atoms with E-state index in [0.29, 0.717) is 30.1 Å². The summed E-state index contributed by atoms with van der Waals surface area (Å²) < 4.78 is 32.5. The molecule has 0 radical (unpaired) electrons. The SMILES string of the molecule is Cc1noc(C)c1S(=O)(=O)N1CCN(C(=O)c2cccc3c4c([nH]c23)CCCC4)CC1. The average molecular weight is 443 g/mol. The summed E-state index contributed by atoms with van der Waals surface area (Å²) in [4.78, 5) is 18.7. The lowest BCUT2D eigenvalue weighted by Gasteiger charge is -2.34. The summed E-state index contributed by atoms with van der Waals surface area (Å²) in [6.45, 7) is 4.41. The largest absolute Gasteiger partial charge is 0.360 e. The van der Waals surface area contributed by atoms with E-state index in [2.05, 4.69) is 16.2 Å². The van der Waals surface area contributed by atoms with Crippen molar-refractivity contribution in [2.45, 2.75) is 44.4 Å². The number of benzene rings is 1. The Morgan fingerprint density at radius 1 is 1.10 bits per heavy atom. The molecule has 0 spiro atoms. The quantitative estimate of drug-likeness (QED) is 0.672. The molecule has 0 bridgehead atoms. The molecule has 5 rings (SSSR count). The first kappa shape index (κ1) is 20.3. The van der Waals surface area contributed by atoms with E-state index < -0.39 is 10.0 Å². The molecular formula is C22H26N4O4S. The number of nitrogens with zero attached hydrogens (tertiary/aromatic N) is 3. The van der Waals surface area contributed by atoms with Gasteiger partial charge >= 0.3 is 0 Å². The number of aromatic nitrogens is 2. The van der Waals surface area contributed by atoms with Crippen molar-refractivity contribution in [2.75, 3.05) is 26.2 Å². The topological polar surface area (TPSA) is 99.5 Å². The van der Waals surface area contributed by atoms with Crippen molar-refractivity contribution in [2.24, 2.45) is 0 Å². The number of piperazine rings is 1. The molecule has 164 valence electrons. The number of rotatable bonds is 3. The van der Waals surface area contributed by atoms with Gasteiger partial charge < -0.3 is 14.4 Å². The predicted octanol–water partition coefficient (Wildman–Crippen LogP) is 2.80. The molecule has 1 aliphatic carbocycles. The first-order valence-corrected chi connectivity index (χ1v) is 12.2. The maximum atomic E-state index is 13.3. The highest BCUT2D eigenvalue weighted by atomic mass is 32.2. The number of aryl methyl sites for hydroxylation is 4. The van der Waals surface area contributed by atoms with Gasteiger partial charge in [-0.2, -0.15) is 4.31 Å². The third-order valence-electron chi connectivity index (χ3n) is 6.46. The number of hydrogen-bond acceptors (Lipinski definition) is 5.